The molecule has 0 atom stereocenters. The molecular weight excluding hydrogens is 260 g/mol. The fraction of sp³-hybridized carbons (Fsp3) is 0.357. The number of benzene rings is 1. The van der Waals surface area contributed by atoms with Crippen LogP contribution in [0.15, 0.2) is 24.3 Å². The van der Waals surface area contributed by atoms with Gasteiger partial charge in [0, 0.05) is 11.6 Å². The molecule has 0 fully saturated rings. The molecule has 0 saturated carbocycles. The van der Waals surface area contributed by atoms with Crippen molar-refractivity contribution in [3.05, 3.63) is 35.4 Å². The highest BCUT2D eigenvalue weighted by Crippen LogP contribution is 2.11. The molecule has 0 heterocycles. The molecule has 20 heavy (non-hydrogen) atoms. The third-order valence-corrected chi connectivity index (χ3v) is 2.74. The van der Waals surface area contributed by atoms with Crippen LogP contribution in [0.1, 0.15) is 34.6 Å². The fourth-order valence-corrected chi connectivity index (χ4v) is 1.72. The van der Waals surface area contributed by atoms with E-state index in [1.165, 1.54) is 18.1 Å². The molecular formula is C14H18N2O4. The van der Waals surface area contributed by atoms with Gasteiger partial charge < -0.3 is 15.4 Å². The Balaban J connectivity index is 3.06. The van der Waals surface area contributed by atoms with Gasteiger partial charge in [0.25, 0.3) is 5.91 Å². The zero-order valence-corrected chi connectivity index (χ0v) is 11.8. The van der Waals surface area contributed by atoms with E-state index in [2.05, 4.69) is 4.74 Å². The maximum Gasteiger partial charge on any atom is 0.337 e. The van der Waals surface area contributed by atoms with Crippen molar-refractivity contribution < 1.29 is 19.1 Å². The van der Waals surface area contributed by atoms with Crippen LogP contribution in [0, 0.1) is 0 Å². The summed E-state index contributed by atoms with van der Waals surface area (Å²) in [5.41, 5.74) is 5.73. The summed E-state index contributed by atoms with van der Waals surface area (Å²) in [5, 5.41) is 0. The Morgan fingerprint density at radius 3 is 2.35 bits per heavy atom. The van der Waals surface area contributed by atoms with E-state index < -0.39 is 11.9 Å². The molecule has 6 heteroatoms. The Labute approximate surface area is 117 Å². The lowest BCUT2D eigenvalue weighted by Crippen LogP contribution is -2.42. The Morgan fingerprint density at radius 1 is 1.25 bits per heavy atom. The van der Waals surface area contributed by atoms with Crippen molar-refractivity contribution in [2.45, 2.75) is 19.9 Å². The molecule has 1 rings (SSSR count). The molecule has 0 saturated heterocycles. The average Bonchev–Trinajstić information content (AvgIpc) is 2.42. The van der Waals surface area contributed by atoms with Crippen LogP contribution in [0.3, 0.4) is 0 Å². The number of hydrogen-bond donors (Lipinski definition) is 1. The van der Waals surface area contributed by atoms with Crippen molar-refractivity contribution in [1.29, 1.82) is 0 Å². The number of nitrogens with zero attached hydrogens (tertiary/aromatic N) is 1. The lowest BCUT2D eigenvalue weighted by molar-refractivity contribution is -0.119. The molecule has 0 aliphatic rings. The largest absolute Gasteiger partial charge is 0.465 e. The van der Waals surface area contributed by atoms with Crippen LogP contribution in [0.25, 0.3) is 0 Å². The number of methoxy groups -OCH3 is 1. The number of primary amides is 1. The SMILES string of the molecule is COC(=O)c1cccc(C(=O)N(CC(N)=O)C(C)C)c1. The molecule has 0 aliphatic heterocycles. The summed E-state index contributed by atoms with van der Waals surface area (Å²) in [6.45, 7) is 3.40. The maximum absolute atomic E-state index is 12.4. The standard InChI is InChI=1S/C14H18N2O4/c1-9(2)16(8-12(15)17)13(18)10-5-4-6-11(7-10)14(19)20-3/h4-7,9H,8H2,1-3H3,(H2,15,17). The Hall–Kier alpha value is -2.37. The number of esters is 1. The van der Waals surface area contributed by atoms with Gasteiger partial charge in [-0.25, -0.2) is 4.79 Å². The van der Waals surface area contributed by atoms with Crippen LogP contribution in [0.2, 0.25) is 0 Å². The van der Waals surface area contributed by atoms with E-state index in [1.807, 2.05) is 0 Å². The summed E-state index contributed by atoms with van der Waals surface area (Å²) in [4.78, 5) is 36.2. The van der Waals surface area contributed by atoms with E-state index in [0.29, 0.717) is 5.56 Å². The summed E-state index contributed by atoms with van der Waals surface area (Å²) in [7, 11) is 1.27. The van der Waals surface area contributed by atoms with Gasteiger partial charge in [0.1, 0.15) is 0 Å². The number of amides is 2. The quantitative estimate of drug-likeness (QED) is 0.807. The van der Waals surface area contributed by atoms with E-state index in [0.717, 1.165) is 0 Å². The topological polar surface area (TPSA) is 89.7 Å². The first kappa shape index (κ1) is 15.7. The minimum absolute atomic E-state index is 0.168. The first-order valence-corrected chi connectivity index (χ1v) is 6.14. The van der Waals surface area contributed by atoms with Gasteiger partial charge in [0.15, 0.2) is 0 Å². The van der Waals surface area contributed by atoms with Gasteiger partial charge in [0.2, 0.25) is 5.91 Å². The molecule has 1 aromatic carbocycles. The zero-order valence-electron chi connectivity index (χ0n) is 11.8. The van der Waals surface area contributed by atoms with Crippen LogP contribution in [0.4, 0.5) is 0 Å². The average molecular weight is 278 g/mol. The van der Waals surface area contributed by atoms with Gasteiger partial charge in [-0.05, 0) is 32.0 Å². The van der Waals surface area contributed by atoms with E-state index in [1.54, 1.807) is 32.0 Å². The second-order valence-electron chi connectivity index (χ2n) is 4.57. The molecule has 2 N–H and O–H groups in total. The summed E-state index contributed by atoms with van der Waals surface area (Å²) in [6, 6.07) is 5.96. The predicted molar refractivity (Wildman–Crippen MR) is 73.1 cm³/mol. The van der Waals surface area contributed by atoms with Gasteiger partial charge in [0.05, 0.1) is 19.2 Å². The monoisotopic (exact) mass is 278 g/mol. The van der Waals surface area contributed by atoms with Gasteiger partial charge in [-0.15, -0.1) is 0 Å². The smallest absolute Gasteiger partial charge is 0.337 e. The minimum Gasteiger partial charge on any atom is -0.465 e. The van der Waals surface area contributed by atoms with E-state index in [-0.39, 0.29) is 24.1 Å². The van der Waals surface area contributed by atoms with Crippen LogP contribution in [-0.4, -0.2) is 42.4 Å². The second-order valence-corrected chi connectivity index (χ2v) is 4.57. The highest BCUT2D eigenvalue weighted by molar-refractivity contribution is 5.99. The number of nitrogens with two attached hydrogens (primary N) is 1. The molecule has 2 amide bonds. The molecule has 0 aromatic heterocycles. The number of rotatable bonds is 5. The summed E-state index contributed by atoms with van der Waals surface area (Å²) >= 11 is 0. The summed E-state index contributed by atoms with van der Waals surface area (Å²) in [5.74, 6) is -1.47. The first-order chi connectivity index (χ1) is 9.36. The third-order valence-electron chi connectivity index (χ3n) is 2.74. The number of carbonyl (C=O) groups is 3. The molecule has 6 nitrogen and oxygen atoms in total. The van der Waals surface area contributed by atoms with Crippen LogP contribution in [-0.2, 0) is 9.53 Å². The van der Waals surface area contributed by atoms with E-state index in [4.69, 9.17) is 5.73 Å². The molecule has 0 unspecified atom stereocenters. The first-order valence-electron chi connectivity index (χ1n) is 6.14. The molecule has 0 aliphatic carbocycles. The lowest BCUT2D eigenvalue weighted by Gasteiger charge is -2.25. The Bertz CT molecular complexity index is 526. The molecule has 0 spiro atoms. The van der Waals surface area contributed by atoms with Crippen LogP contribution >= 0.6 is 0 Å². The van der Waals surface area contributed by atoms with Crippen molar-refractivity contribution in [2.24, 2.45) is 5.73 Å². The van der Waals surface area contributed by atoms with Crippen molar-refractivity contribution in [3.8, 4) is 0 Å². The second kappa shape index (κ2) is 6.70. The van der Waals surface area contributed by atoms with Crippen molar-refractivity contribution in [2.75, 3.05) is 13.7 Å². The fourth-order valence-electron chi connectivity index (χ4n) is 1.72. The highest BCUT2D eigenvalue weighted by atomic mass is 16.5. The normalized spacial score (nSPS) is 10.2. The summed E-state index contributed by atoms with van der Waals surface area (Å²) < 4.78 is 4.61. The van der Waals surface area contributed by atoms with E-state index >= 15 is 0 Å². The molecule has 0 radical (unpaired) electrons. The zero-order chi connectivity index (χ0) is 15.3. The van der Waals surface area contributed by atoms with Crippen LogP contribution in [0.5, 0.6) is 0 Å². The van der Waals surface area contributed by atoms with Gasteiger partial charge in [-0.2, -0.15) is 0 Å². The highest BCUT2D eigenvalue weighted by Gasteiger charge is 2.21. The Kier molecular flexibility index (Phi) is 5.25. The van der Waals surface area contributed by atoms with E-state index in [9.17, 15) is 14.4 Å². The maximum atomic E-state index is 12.4. The van der Waals surface area contributed by atoms with Gasteiger partial charge in [-0.1, -0.05) is 6.07 Å². The van der Waals surface area contributed by atoms with Crippen LogP contribution < -0.4 is 5.73 Å². The lowest BCUT2D eigenvalue weighted by atomic mass is 10.1. The molecule has 0 bridgehead atoms. The van der Waals surface area contributed by atoms with Gasteiger partial charge >= 0.3 is 5.97 Å². The van der Waals surface area contributed by atoms with Crippen molar-refractivity contribution in [3.63, 3.8) is 0 Å². The Morgan fingerprint density at radius 2 is 1.85 bits per heavy atom. The molecule has 108 valence electrons. The van der Waals surface area contributed by atoms with Crippen molar-refractivity contribution in [1.82, 2.24) is 4.90 Å². The summed E-state index contributed by atoms with van der Waals surface area (Å²) in [6.07, 6.45) is 0. The third kappa shape index (κ3) is 3.81. The number of ether oxygens (including phenoxy) is 1. The van der Waals surface area contributed by atoms with Crippen molar-refractivity contribution >= 4 is 17.8 Å². The minimum atomic E-state index is -0.587. The predicted octanol–water partition coefficient (Wildman–Crippen LogP) is 0.809. The number of carbonyl (C=O) groups excluding carboxylic acids is 3. The molecule has 1 aromatic rings. The van der Waals surface area contributed by atoms with Gasteiger partial charge in [-0.3, -0.25) is 9.59 Å². The number of hydrogen-bond acceptors (Lipinski definition) is 4.